The second kappa shape index (κ2) is 6.72. The molecule has 0 saturated carbocycles. The molecule has 1 aromatic carbocycles. The van der Waals surface area contributed by atoms with E-state index in [0.717, 1.165) is 18.0 Å². The lowest BCUT2D eigenvalue weighted by molar-refractivity contribution is 0.245. The van der Waals surface area contributed by atoms with E-state index in [0.29, 0.717) is 11.5 Å². The van der Waals surface area contributed by atoms with Crippen molar-refractivity contribution in [2.45, 2.75) is 32.9 Å². The number of hydrogen-bond acceptors (Lipinski definition) is 4. The van der Waals surface area contributed by atoms with Gasteiger partial charge in [0.15, 0.2) is 11.5 Å². The van der Waals surface area contributed by atoms with Crippen molar-refractivity contribution >= 4 is 11.8 Å². The van der Waals surface area contributed by atoms with E-state index in [-0.39, 0.29) is 0 Å². The molecule has 0 radical (unpaired) electrons. The minimum absolute atomic E-state index is 0.377. The molecule has 1 saturated heterocycles. The molecule has 0 aliphatic carbocycles. The quantitative estimate of drug-likeness (QED) is 0.902. The van der Waals surface area contributed by atoms with Gasteiger partial charge in [-0.3, -0.25) is 0 Å². The average Bonchev–Trinajstić information content (AvgIpc) is 2.45. The minimum atomic E-state index is 0.377. The van der Waals surface area contributed by atoms with Crippen LogP contribution >= 0.6 is 11.8 Å². The first kappa shape index (κ1) is 15.5. The highest BCUT2D eigenvalue weighted by Gasteiger charge is 2.31. The van der Waals surface area contributed by atoms with E-state index in [1.165, 1.54) is 23.5 Å². The highest BCUT2D eigenvalue weighted by molar-refractivity contribution is 7.99. The molecular formula is C16H25NO2S. The fourth-order valence-electron chi connectivity index (χ4n) is 2.50. The van der Waals surface area contributed by atoms with Crippen molar-refractivity contribution in [3.8, 4) is 11.5 Å². The van der Waals surface area contributed by atoms with Gasteiger partial charge in [0.25, 0.3) is 0 Å². The van der Waals surface area contributed by atoms with Gasteiger partial charge in [0.1, 0.15) is 0 Å². The van der Waals surface area contributed by atoms with E-state index >= 15 is 0 Å². The van der Waals surface area contributed by atoms with Crippen molar-refractivity contribution in [2.75, 3.05) is 25.7 Å². The molecule has 0 aromatic heterocycles. The Kier molecular flexibility index (Phi) is 5.22. The van der Waals surface area contributed by atoms with Crippen LogP contribution in [-0.2, 0) is 6.54 Å². The van der Waals surface area contributed by atoms with Crippen LogP contribution in [0.3, 0.4) is 0 Å². The first-order valence-electron chi connectivity index (χ1n) is 7.09. The zero-order valence-corrected chi connectivity index (χ0v) is 13.7. The van der Waals surface area contributed by atoms with Crippen LogP contribution in [0.25, 0.3) is 0 Å². The molecule has 20 heavy (non-hydrogen) atoms. The summed E-state index contributed by atoms with van der Waals surface area (Å²) in [6, 6.07) is 6.68. The predicted octanol–water partition coefficient (Wildman–Crippen LogP) is 3.33. The lowest BCUT2D eigenvalue weighted by Crippen LogP contribution is -2.46. The Labute approximate surface area is 126 Å². The summed E-state index contributed by atoms with van der Waals surface area (Å²) in [5.74, 6) is 4.05. The predicted molar refractivity (Wildman–Crippen MR) is 85.9 cm³/mol. The van der Waals surface area contributed by atoms with Crippen LogP contribution in [0.1, 0.15) is 25.8 Å². The summed E-state index contributed by atoms with van der Waals surface area (Å²) < 4.78 is 10.6. The number of ether oxygens (including phenoxy) is 2. The van der Waals surface area contributed by atoms with Crippen molar-refractivity contribution in [1.29, 1.82) is 0 Å². The Morgan fingerprint density at radius 1 is 1.25 bits per heavy atom. The number of rotatable bonds is 5. The van der Waals surface area contributed by atoms with E-state index in [9.17, 15) is 0 Å². The number of methoxy groups -OCH3 is 2. The highest BCUT2D eigenvalue weighted by Crippen LogP contribution is 2.34. The molecule has 1 N–H and O–H groups in total. The maximum atomic E-state index is 5.35. The molecule has 0 spiro atoms. The van der Waals surface area contributed by atoms with Gasteiger partial charge in [-0.15, -0.1) is 0 Å². The first-order chi connectivity index (χ1) is 9.56. The summed E-state index contributed by atoms with van der Waals surface area (Å²) in [6.07, 6.45) is 1.28. The van der Waals surface area contributed by atoms with E-state index in [4.69, 9.17) is 9.47 Å². The lowest BCUT2D eigenvalue weighted by atomic mass is 9.82. The molecule has 1 aliphatic rings. The number of hydrogen-bond donors (Lipinski definition) is 1. The summed E-state index contributed by atoms with van der Waals surface area (Å²) >= 11 is 2.05. The molecule has 1 aliphatic heterocycles. The normalized spacial score (nSPS) is 21.5. The molecule has 112 valence electrons. The van der Waals surface area contributed by atoms with Gasteiger partial charge in [0.2, 0.25) is 0 Å². The molecular weight excluding hydrogens is 270 g/mol. The largest absolute Gasteiger partial charge is 0.493 e. The van der Waals surface area contributed by atoms with Gasteiger partial charge in [0, 0.05) is 18.3 Å². The number of nitrogens with one attached hydrogen (secondary N) is 1. The third-order valence-corrected chi connectivity index (χ3v) is 5.18. The zero-order chi connectivity index (χ0) is 14.6. The van der Waals surface area contributed by atoms with Crippen LogP contribution in [0.5, 0.6) is 11.5 Å². The van der Waals surface area contributed by atoms with Crippen LogP contribution in [0.2, 0.25) is 0 Å². The Morgan fingerprint density at radius 2 is 2.00 bits per heavy atom. The molecule has 2 rings (SSSR count). The minimum Gasteiger partial charge on any atom is -0.493 e. The van der Waals surface area contributed by atoms with Crippen LogP contribution in [-0.4, -0.2) is 31.8 Å². The Bertz CT molecular complexity index is 448. The van der Waals surface area contributed by atoms with E-state index in [1.807, 2.05) is 17.8 Å². The molecule has 1 aromatic rings. The molecule has 1 fully saturated rings. The zero-order valence-electron chi connectivity index (χ0n) is 12.9. The van der Waals surface area contributed by atoms with Crippen molar-refractivity contribution < 1.29 is 9.47 Å². The van der Waals surface area contributed by atoms with Crippen LogP contribution in [0.4, 0.5) is 0 Å². The standard InChI is InChI=1S/C16H25NO2S/c1-16(2)7-8-20-11-15(16)17-10-12-5-6-13(18-3)14(9-12)19-4/h5-6,9,15,17H,7-8,10-11H2,1-4H3. The topological polar surface area (TPSA) is 30.5 Å². The summed E-state index contributed by atoms with van der Waals surface area (Å²) in [7, 11) is 3.34. The highest BCUT2D eigenvalue weighted by atomic mass is 32.2. The van der Waals surface area contributed by atoms with E-state index in [2.05, 4.69) is 31.3 Å². The van der Waals surface area contributed by atoms with Crippen LogP contribution in [0.15, 0.2) is 18.2 Å². The second-order valence-electron chi connectivity index (χ2n) is 5.94. The number of thioether (sulfide) groups is 1. The number of benzene rings is 1. The van der Waals surface area contributed by atoms with Gasteiger partial charge in [0.05, 0.1) is 14.2 Å². The summed E-state index contributed by atoms with van der Waals surface area (Å²) in [5.41, 5.74) is 1.61. The fraction of sp³-hybridized carbons (Fsp3) is 0.625. The average molecular weight is 295 g/mol. The maximum Gasteiger partial charge on any atom is 0.161 e. The van der Waals surface area contributed by atoms with Crippen LogP contribution in [0, 0.1) is 5.41 Å². The third kappa shape index (κ3) is 3.61. The Balaban J connectivity index is 2.00. The Morgan fingerprint density at radius 3 is 2.65 bits per heavy atom. The first-order valence-corrected chi connectivity index (χ1v) is 8.24. The third-order valence-electron chi connectivity index (χ3n) is 4.12. The second-order valence-corrected chi connectivity index (χ2v) is 7.09. The summed E-state index contributed by atoms with van der Waals surface area (Å²) in [6.45, 7) is 5.59. The van der Waals surface area contributed by atoms with Gasteiger partial charge in [-0.2, -0.15) is 11.8 Å². The summed E-state index contributed by atoms with van der Waals surface area (Å²) in [4.78, 5) is 0. The van der Waals surface area contributed by atoms with Gasteiger partial charge in [-0.05, 0) is 35.3 Å². The smallest absolute Gasteiger partial charge is 0.161 e. The van der Waals surface area contributed by atoms with E-state index < -0.39 is 0 Å². The van der Waals surface area contributed by atoms with Crippen molar-refractivity contribution in [3.63, 3.8) is 0 Å². The molecule has 1 unspecified atom stereocenters. The van der Waals surface area contributed by atoms with Gasteiger partial charge < -0.3 is 14.8 Å². The SMILES string of the molecule is COc1ccc(CNC2CSCCC2(C)C)cc1OC. The van der Waals surface area contributed by atoms with Crippen LogP contribution < -0.4 is 14.8 Å². The molecule has 0 amide bonds. The van der Waals surface area contributed by atoms with Crippen molar-refractivity contribution in [2.24, 2.45) is 5.41 Å². The lowest BCUT2D eigenvalue weighted by Gasteiger charge is -2.39. The monoisotopic (exact) mass is 295 g/mol. The maximum absolute atomic E-state index is 5.35. The van der Waals surface area contributed by atoms with Gasteiger partial charge in [-0.25, -0.2) is 0 Å². The van der Waals surface area contributed by atoms with Crippen molar-refractivity contribution in [3.05, 3.63) is 23.8 Å². The van der Waals surface area contributed by atoms with E-state index in [1.54, 1.807) is 14.2 Å². The fourth-order valence-corrected chi connectivity index (χ4v) is 4.14. The molecule has 1 heterocycles. The molecule has 4 heteroatoms. The van der Waals surface area contributed by atoms with Crippen molar-refractivity contribution in [1.82, 2.24) is 5.32 Å². The summed E-state index contributed by atoms with van der Waals surface area (Å²) in [5, 5.41) is 3.70. The molecule has 0 bridgehead atoms. The Hall–Kier alpha value is -0.870. The van der Waals surface area contributed by atoms with Gasteiger partial charge in [-0.1, -0.05) is 19.9 Å². The molecule has 1 atom stereocenters. The van der Waals surface area contributed by atoms with Gasteiger partial charge >= 0.3 is 0 Å². The molecule has 3 nitrogen and oxygen atoms in total.